The van der Waals surface area contributed by atoms with Gasteiger partial charge in [0.15, 0.2) is 0 Å². The predicted octanol–water partition coefficient (Wildman–Crippen LogP) is 2.20. The molecule has 0 fully saturated rings. The fraction of sp³-hybridized carbons (Fsp3) is 0.455. The molecule has 0 amide bonds. The van der Waals surface area contributed by atoms with Crippen molar-refractivity contribution in [3.63, 3.8) is 0 Å². The Balaban J connectivity index is 2.38. The van der Waals surface area contributed by atoms with Crippen LogP contribution in [0.15, 0.2) is 24.3 Å². The van der Waals surface area contributed by atoms with Crippen molar-refractivity contribution >= 4 is 22.4 Å². The molecule has 0 aromatic heterocycles. The van der Waals surface area contributed by atoms with Crippen LogP contribution in [0.2, 0.25) is 5.02 Å². The van der Waals surface area contributed by atoms with E-state index in [-0.39, 0.29) is 5.25 Å². The summed E-state index contributed by atoms with van der Waals surface area (Å²) in [6.07, 6.45) is 1.72. The van der Waals surface area contributed by atoms with E-state index in [2.05, 4.69) is 5.32 Å². The zero-order valence-corrected chi connectivity index (χ0v) is 10.6. The monoisotopic (exact) mass is 245 g/mol. The number of halogens is 1. The summed E-state index contributed by atoms with van der Waals surface area (Å²) in [5.41, 5.74) is 1.08. The highest BCUT2D eigenvalue weighted by molar-refractivity contribution is 7.84. The lowest BCUT2D eigenvalue weighted by atomic mass is 10.2. The molecule has 2 atom stereocenters. The van der Waals surface area contributed by atoms with Crippen molar-refractivity contribution in [2.75, 3.05) is 12.8 Å². The Labute approximate surface area is 98.5 Å². The first-order chi connectivity index (χ1) is 7.11. The molecule has 1 aromatic rings. The van der Waals surface area contributed by atoms with Crippen LogP contribution < -0.4 is 5.32 Å². The molecule has 0 spiro atoms. The minimum Gasteiger partial charge on any atom is -0.311 e. The quantitative estimate of drug-likeness (QED) is 0.862. The number of benzene rings is 1. The van der Waals surface area contributed by atoms with Crippen LogP contribution in [0.25, 0.3) is 0 Å². The lowest BCUT2D eigenvalue weighted by Crippen LogP contribution is -2.27. The highest BCUT2D eigenvalue weighted by atomic mass is 35.5. The summed E-state index contributed by atoms with van der Waals surface area (Å²) < 4.78 is 11.1. The highest BCUT2D eigenvalue weighted by Gasteiger charge is 2.05. The maximum Gasteiger partial charge on any atom is 0.0450 e. The average Bonchev–Trinajstić information content (AvgIpc) is 2.20. The van der Waals surface area contributed by atoms with Gasteiger partial charge in [-0.1, -0.05) is 29.8 Å². The molecule has 1 aromatic carbocycles. The second kappa shape index (κ2) is 6.26. The Kier molecular flexibility index (Phi) is 5.29. The van der Waals surface area contributed by atoms with Crippen LogP contribution in [-0.4, -0.2) is 22.3 Å². The molecule has 1 rings (SSSR count). The normalized spacial score (nSPS) is 14.9. The van der Waals surface area contributed by atoms with Gasteiger partial charge in [0.2, 0.25) is 0 Å². The summed E-state index contributed by atoms with van der Waals surface area (Å²) in [5, 5.41) is 4.19. The van der Waals surface area contributed by atoms with Crippen LogP contribution >= 0.6 is 11.6 Å². The maximum atomic E-state index is 11.1. The molecule has 0 saturated heterocycles. The highest BCUT2D eigenvalue weighted by Crippen LogP contribution is 2.14. The summed E-state index contributed by atoms with van der Waals surface area (Å²) in [6.45, 7) is 3.44. The Morgan fingerprint density at radius 1 is 1.47 bits per heavy atom. The zero-order chi connectivity index (χ0) is 11.3. The summed E-state index contributed by atoms with van der Waals surface area (Å²) in [6, 6.07) is 7.74. The lowest BCUT2D eigenvalue weighted by Gasteiger charge is -2.10. The molecule has 1 N–H and O–H groups in total. The van der Waals surface area contributed by atoms with Crippen molar-refractivity contribution in [2.45, 2.75) is 18.7 Å². The van der Waals surface area contributed by atoms with Gasteiger partial charge in [-0.2, -0.15) is 0 Å². The molecular weight excluding hydrogens is 230 g/mol. The van der Waals surface area contributed by atoms with Crippen molar-refractivity contribution < 1.29 is 4.21 Å². The standard InChI is InChI=1S/C11H16ClNOS/c1-9(15(2)14)7-13-8-10-5-3-4-6-11(10)12/h3-6,9,13H,7-8H2,1-2H3. The van der Waals surface area contributed by atoms with E-state index in [1.807, 2.05) is 31.2 Å². The van der Waals surface area contributed by atoms with Crippen LogP contribution in [0.1, 0.15) is 12.5 Å². The van der Waals surface area contributed by atoms with E-state index >= 15 is 0 Å². The van der Waals surface area contributed by atoms with Crippen molar-refractivity contribution in [1.82, 2.24) is 5.32 Å². The van der Waals surface area contributed by atoms with E-state index in [1.54, 1.807) is 6.26 Å². The fourth-order valence-electron chi connectivity index (χ4n) is 1.17. The summed E-state index contributed by atoms with van der Waals surface area (Å²) in [7, 11) is -0.769. The molecule has 2 unspecified atom stereocenters. The maximum absolute atomic E-state index is 11.1. The lowest BCUT2D eigenvalue weighted by molar-refractivity contribution is 0.647. The number of rotatable bonds is 5. The first-order valence-corrected chi connectivity index (χ1v) is 6.87. The third kappa shape index (κ3) is 4.33. The number of nitrogens with one attached hydrogen (secondary N) is 1. The minimum atomic E-state index is -0.769. The Bertz CT molecular complexity index is 343. The summed E-state index contributed by atoms with van der Waals surface area (Å²) in [5.74, 6) is 0. The molecule has 4 heteroatoms. The first-order valence-electron chi connectivity index (χ1n) is 4.87. The zero-order valence-electron chi connectivity index (χ0n) is 9.00. The van der Waals surface area contributed by atoms with Crippen molar-refractivity contribution in [3.05, 3.63) is 34.9 Å². The SMILES string of the molecule is CC(CNCc1ccccc1Cl)S(C)=O. The van der Waals surface area contributed by atoms with Gasteiger partial charge in [0.1, 0.15) is 0 Å². The van der Waals surface area contributed by atoms with Gasteiger partial charge >= 0.3 is 0 Å². The van der Waals surface area contributed by atoms with Gasteiger partial charge in [0.25, 0.3) is 0 Å². The van der Waals surface area contributed by atoms with E-state index in [0.717, 1.165) is 23.7 Å². The molecule has 0 aliphatic heterocycles. The van der Waals surface area contributed by atoms with E-state index in [0.29, 0.717) is 0 Å². The molecule has 2 nitrogen and oxygen atoms in total. The van der Waals surface area contributed by atoms with Crippen molar-refractivity contribution in [1.29, 1.82) is 0 Å². The molecule has 0 aliphatic carbocycles. The second-order valence-electron chi connectivity index (χ2n) is 3.53. The van der Waals surface area contributed by atoms with Crippen molar-refractivity contribution in [3.8, 4) is 0 Å². The van der Waals surface area contributed by atoms with Crippen LogP contribution in [0.4, 0.5) is 0 Å². The second-order valence-corrected chi connectivity index (χ2v) is 5.74. The molecule has 0 saturated carbocycles. The largest absolute Gasteiger partial charge is 0.311 e. The Morgan fingerprint density at radius 3 is 2.73 bits per heavy atom. The van der Waals surface area contributed by atoms with Gasteiger partial charge in [0.05, 0.1) is 0 Å². The third-order valence-corrected chi connectivity index (χ3v) is 3.94. The van der Waals surface area contributed by atoms with Gasteiger partial charge in [-0.25, -0.2) is 0 Å². The molecule has 84 valence electrons. The van der Waals surface area contributed by atoms with Gasteiger partial charge in [-0.15, -0.1) is 0 Å². The minimum absolute atomic E-state index is 0.174. The van der Waals surface area contributed by atoms with Gasteiger partial charge < -0.3 is 5.32 Å². The Hall–Kier alpha value is -0.380. The smallest absolute Gasteiger partial charge is 0.0450 e. The van der Waals surface area contributed by atoms with Crippen LogP contribution in [0, 0.1) is 0 Å². The number of hydrogen-bond acceptors (Lipinski definition) is 2. The van der Waals surface area contributed by atoms with E-state index in [9.17, 15) is 4.21 Å². The molecule has 15 heavy (non-hydrogen) atoms. The first kappa shape index (κ1) is 12.7. The third-order valence-electron chi connectivity index (χ3n) is 2.27. The predicted molar refractivity (Wildman–Crippen MR) is 66.7 cm³/mol. The molecule has 0 aliphatic rings. The van der Waals surface area contributed by atoms with Crippen LogP contribution in [0.3, 0.4) is 0 Å². The van der Waals surface area contributed by atoms with Gasteiger partial charge in [-0.05, 0) is 18.6 Å². The Morgan fingerprint density at radius 2 is 2.13 bits per heavy atom. The fourth-order valence-corrected chi connectivity index (χ4v) is 1.72. The van der Waals surface area contributed by atoms with Crippen molar-refractivity contribution in [2.24, 2.45) is 0 Å². The summed E-state index contributed by atoms with van der Waals surface area (Å²) >= 11 is 6.00. The van der Waals surface area contributed by atoms with E-state index < -0.39 is 10.8 Å². The molecule has 0 heterocycles. The topological polar surface area (TPSA) is 29.1 Å². The van der Waals surface area contributed by atoms with Crippen LogP contribution in [-0.2, 0) is 17.3 Å². The molecule has 0 radical (unpaired) electrons. The van der Waals surface area contributed by atoms with Gasteiger partial charge in [-0.3, -0.25) is 4.21 Å². The average molecular weight is 246 g/mol. The van der Waals surface area contributed by atoms with Gasteiger partial charge in [0, 0.05) is 40.4 Å². The van der Waals surface area contributed by atoms with E-state index in [4.69, 9.17) is 11.6 Å². The molecule has 0 bridgehead atoms. The summed E-state index contributed by atoms with van der Waals surface area (Å²) in [4.78, 5) is 0. The van der Waals surface area contributed by atoms with Crippen LogP contribution in [0.5, 0.6) is 0 Å². The molecular formula is C11H16ClNOS. The number of hydrogen-bond donors (Lipinski definition) is 1. The van der Waals surface area contributed by atoms with E-state index in [1.165, 1.54) is 0 Å².